The Hall–Kier alpha value is -3.28. The quantitative estimate of drug-likeness (QED) is 0.258. The van der Waals surface area contributed by atoms with Crippen molar-refractivity contribution in [1.29, 1.82) is 0 Å². The van der Waals surface area contributed by atoms with Crippen molar-refractivity contribution in [3.63, 3.8) is 0 Å². The highest BCUT2D eigenvalue weighted by Crippen LogP contribution is 2.29. The molecule has 9 nitrogen and oxygen atoms in total. The van der Waals surface area contributed by atoms with Crippen LogP contribution in [0.1, 0.15) is 0 Å². The summed E-state index contributed by atoms with van der Waals surface area (Å²) >= 11 is 2.23. The minimum Gasteiger partial charge on any atom is -0.457 e. The van der Waals surface area contributed by atoms with E-state index in [-0.39, 0.29) is 17.3 Å². The second-order valence-electron chi connectivity index (χ2n) is 5.39. The molecule has 0 unspecified atom stereocenters. The molecule has 0 amide bonds. The highest BCUT2D eigenvalue weighted by atomic mass is 127. The average molecular weight is 475 g/mol. The molecule has 4 aromatic rings. The van der Waals surface area contributed by atoms with E-state index >= 15 is 0 Å². The standard InChI is InChI=1S/C17H10IN5O4/c18-11-3-7-13(8-4-11)26-12-5-1-10(2-6-12)16-20-17(27-22-16)15-14(23(24)25)9-19-21-15/h1-9H,(H,19,21). The smallest absolute Gasteiger partial charge is 0.319 e. The molecule has 4 rings (SSSR count). The Kier molecular flexibility index (Phi) is 4.54. The lowest BCUT2D eigenvalue weighted by molar-refractivity contribution is -0.384. The fourth-order valence-corrected chi connectivity index (χ4v) is 2.69. The first kappa shape index (κ1) is 17.1. The molecular formula is C17H10IN5O4. The maximum atomic E-state index is 11.0. The SMILES string of the molecule is O=[N+]([O-])c1cn[nH]c1-c1nc(-c2ccc(Oc3ccc(I)cc3)cc2)no1. The molecule has 0 spiro atoms. The molecule has 0 atom stereocenters. The van der Waals surface area contributed by atoms with E-state index in [9.17, 15) is 10.1 Å². The molecule has 0 aliphatic carbocycles. The van der Waals surface area contributed by atoms with Crippen LogP contribution in [0.3, 0.4) is 0 Å². The van der Waals surface area contributed by atoms with Gasteiger partial charge in [0.25, 0.3) is 5.89 Å². The van der Waals surface area contributed by atoms with E-state index in [2.05, 4.69) is 42.9 Å². The normalized spacial score (nSPS) is 10.7. The van der Waals surface area contributed by atoms with E-state index in [0.717, 1.165) is 15.5 Å². The van der Waals surface area contributed by atoms with E-state index in [4.69, 9.17) is 9.26 Å². The second kappa shape index (κ2) is 7.15. The molecule has 0 aliphatic rings. The zero-order valence-electron chi connectivity index (χ0n) is 13.5. The van der Waals surface area contributed by atoms with Gasteiger partial charge >= 0.3 is 5.69 Å². The highest BCUT2D eigenvalue weighted by molar-refractivity contribution is 14.1. The molecule has 0 saturated carbocycles. The van der Waals surface area contributed by atoms with Crippen molar-refractivity contribution in [1.82, 2.24) is 20.3 Å². The number of benzene rings is 2. The number of aromatic amines is 1. The van der Waals surface area contributed by atoms with Crippen LogP contribution in [0.25, 0.3) is 23.0 Å². The monoisotopic (exact) mass is 475 g/mol. The fraction of sp³-hybridized carbons (Fsp3) is 0. The predicted molar refractivity (Wildman–Crippen MR) is 103 cm³/mol. The van der Waals surface area contributed by atoms with Crippen LogP contribution in [0.4, 0.5) is 5.69 Å². The number of nitrogens with one attached hydrogen (secondary N) is 1. The van der Waals surface area contributed by atoms with Gasteiger partial charge in [0.1, 0.15) is 17.7 Å². The van der Waals surface area contributed by atoms with Crippen LogP contribution in [-0.2, 0) is 0 Å². The number of rotatable bonds is 5. The van der Waals surface area contributed by atoms with Gasteiger partial charge in [-0.15, -0.1) is 0 Å². The number of halogens is 1. The number of aromatic nitrogens is 4. The zero-order chi connectivity index (χ0) is 18.8. The third kappa shape index (κ3) is 3.65. The van der Waals surface area contributed by atoms with Crippen LogP contribution >= 0.6 is 22.6 Å². The lowest BCUT2D eigenvalue weighted by Crippen LogP contribution is -1.89. The average Bonchev–Trinajstić information content (AvgIpc) is 3.33. The first-order chi connectivity index (χ1) is 13.1. The molecule has 0 bridgehead atoms. The van der Waals surface area contributed by atoms with Crippen LogP contribution in [0.15, 0.2) is 59.3 Å². The maximum Gasteiger partial charge on any atom is 0.319 e. The Morgan fingerprint density at radius 3 is 2.41 bits per heavy atom. The van der Waals surface area contributed by atoms with E-state index in [1.807, 2.05) is 24.3 Å². The molecule has 0 radical (unpaired) electrons. The summed E-state index contributed by atoms with van der Waals surface area (Å²) in [6.07, 6.45) is 1.09. The van der Waals surface area contributed by atoms with Gasteiger partial charge in [0, 0.05) is 9.13 Å². The minimum absolute atomic E-state index is 0.00610. The number of ether oxygens (including phenoxy) is 1. The van der Waals surface area contributed by atoms with Gasteiger partial charge in [-0.05, 0) is 71.1 Å². The van der Waals surface area contributed by atoms with Gasteiger partial charge < -0.3 is 9.26 Å². The van der Waals surface area contributed by atoms with E-state index in [1.165, 1.54) is 0 Å². The van der Waals surface area contributed by atoms with Crippen LogP contribution in [0, 0.1) is 13.7 Å². The lowest BCUT2D eigenvalue weighted by atomic mass is 10.2. The first-order valence-corrected chi connectivity index (χ1v) is 8.74. The highest BCUT2D eigenvalue weighted by Gasteiger charge is 2.23. The summed E-state index contributed by atoms with van der Waals surface area (Å²) in [7, 11) is 0. The van der Waals surface area contributed by atoms with Gasteiger partial charge in [0.05, 0.1) is 4.92 Å². The number of hydrogen-bond acceptors (Lipinski definition) is 7. The zero-order valence-corrected chi connectivity index (χ0v) is 15.7. The van der Waals surface area contributed by atoms with Crippen molar-refractivity contribution < 1.29 is 14.2 Å². The summed E-state index contributed by atoms with van der Waals surface area (Å²) in [5, 5.41) is 21.0. The maximum absolute atomic E-state index is 11.0. The van der Waals surface area contributed by atoms with Gasteiger partial charge in [0.15, 0.2) is 0 Å². The summed E-state index contributed by atoms with van der Waals surface area (Å²) in [6.45, 7) is 0. The van der Waals surface area contributed by atoms with E-state index in [0.29, 0.717) is 17.1 Å². The Bertz CT molecular complexity index is 1090. The van der Waals surface area contributed by atoms with Crippen molar-refractivity contribution in [2.24, 2.45) is 0 Å². The minimum atomic E-state index is -0.570. The van der Waals surface area contributed by atoms with Gasteiger partial charge in [-0.3, -0.25) is 15.2 Å². The number of H-pyrrole nitrogens is 1. The molecule has 2 heterocycles. The van der Waals surface area contributed by atoms with Crippen molar-refractivity contribution >= 4 is 28.3 Å². The molecule has 0 saturated heterocycles. The first-order valence-electron chi connectivity index (χ1n) is 7.66. The van der Waals surface area contributed by atoms with E-state index < -0.39 is 4.92 Å². The largest absolute Gasteiger partial charge is 0.457 e. The predicted octanol–water partition coefficient (Wildman–Crippen LogP) is 4.43. The molecule has 10 heteroatoms. The number of hydrogen-bond donors (Lipinski definition) is 1. The van der Waals surface area contributed by atoms with Crippen LogP contribution in [0.2, 0.25) is 0 Å². The second-order valence-corrected chi connectivity index (χ2v) is 6.64. The van der Waals surface area contributed by atoms with Gasteiger partial charge in [-0.1, -0.05) is 5.16 Å². The van der Waals surface area contributed by atoms with Crippen LogP contribution < -0.4 is 4.74 Å². The summed E-state index contributed by atoms with van der Waals surface area (Å²) in [5.41, 5.74) is 0.519. The third-order valence-electron chi connectivity index (χ3n) is 3.62. The summed E-state index contributed by atoms with van der Waals surface area (Å²) in [5.74, 6) is 1.69. The number of nitrogens with zero attached hydrogens (tertiary/aromatic N) is 4. The van der Waals surface area contributed by atoms with Gasteiger partial charge in [-0.25, -0.2) is 0 Å². The van der Waals surface area contributed by atoms with Crippen molar-refractivity contribution in [3.05, 3.63) is 68.4 Å². The summed E-state index contributed by atoms with van der Waals surface area (Å²) in [4.78, 5) is 14.6. The molecule has 2 aromatic carbocycles. The Balaban J connectivity index is 1.54. The molecule has 134 valence electrons. The van der Waals surface area contributed by atoms with Crippen LogP contribution in [0.5, 0.6) is 11.5 Å². The number of nitro groups is 1. The molecule has 0 fully saturated rings. The van der Waals surface area contributed by atoms with Crippen molar-refractivity contribution in [3.8, 4) is 34.5 Å². The molecule has 1 N–H and O–H groups in total. The Morgan fingerprint density at radius 2 is 1.74 bits per heavy atom. The molecular weight excluding hydrogens is 465 g/mol. The summed E-state index contributed by atoms with van der Waals surface area (Å²) < 4.78 is 12.0. The van der Waals surface area contributed by atoms with E-state index in [1.54, 1.807) is 24.3 Å². The van der Waals surface area contributed by atoms with Crippen LogP contribution in [-0.4, -0.2) is 25.3 Å². The van der Waals surface area contributed by atoms with Gasteiger partial charge in [-0.2, -0.15) is 10.1 Å². The third-order valence-corrected chi connectivity index (χ3v) is 4.34. The Labute approximate surface area is 165 Å². The fourth-order valence-electron chi connectivity index (χ4n) is 2.33. The molecule has 2 aromatic heterocycles. The Morgan fingerprint density at radius 1 is 1.07 bits per heavy atom. The van der Waals surface area contributed by atoms with Crippen molar-refractivity contribution in [2.45, 2.75) is 0 Å². The molecule has 27 heavy (non-hydrogen) atoms. The van der Waals surface area contributed by atoms with Crippen molar-refractivity contribution in [2.75, 3.05) is 0 Å². The lowest BCUT2D eigenvalue weighted by Gasteiger charge is -2.05. The molecule has 0 aliphatic heterocycles. The van der Waals surface area contributed by atoms with Gasteiger partial charge in [0.2, 0.25) is 11.5 Å². The summed E-state index contributed by atoms with van der Waals surface area (Å²) in [6, 6.07) is 14.8. The topological polar surface area (TPSA) is 120 Å².